The van der Waals surface area contributed by atoms with Crippen LogP contribution in [0.3, 0.4) is 0 Å². The maximum absolute atomic E-state index is 6.57. The fraction of sp³-hybridized carbons (Fsp3) is 0.300. The van der Waals surface area contributed by atoms with Gasteiger partial charge in [-0.2, -0.15) is 5.10 Å². The summed E-state index contributed by atoms with van der Waals surface area (Å²) in [4.78, 5) is 5.04. The number of likely N-dealkylation sites (tertiary alicyclic amines) is 1. The zero-order chi connectivity index (χ0) is 18.8. The summed E-state index contributed by atoms with van der Waals surface area (Å²) in [6, 6.07) is 17.8. The number of rotatable bonds is 5. The van der Waals surface area contributed by atoms with Crippen molar-refractivity contribution in [3.63, 3.8) is 0 Å². The smallest absolute Gasteiger partial charge is 0.184 e. The molecule has 5 nitrogen and oxygen atoms in total. The highest BCUT2D eigenvalue weighted by atomic mass is 35.5. The van der Waals surface area contributed by atoms with Gasteiger partial charge in [0, 0.05) is 31.7 Å². The second-order valence-electron chi connectivity index (χ2n) is 7.06. The lowest BCUT2D eigenvalue weighted by atomic mass is 10.1. The summed E-state index contributed by atoms with van der Waals surface area (Å²) in [7, 11) is 0. The number of thiocarbonyl (C=S) groups is 1. The maximum Gasteiger partial charge on any atom is 0.184 e. The van der Waals surface area contributed by atoms with Crippen molar-refractivity contribution in [2.45, 2.75) is 25.0 Å². The van der Waals surface area contributed by atoms with Crippen molar-refractivity contribution in [1.29, 1.82) is 0 Å². The third-order valence-electron chi connectivity index (χ3n) is 5.25. The number of fused-ring (bicyclic) bond motifs is 2. The molecule has 2 bridgehead atoms. The van der Waals surface area contributed by atoms with Crippen molar-refractivity contribution < 1.29 is 0 Å². The van der Waals surface area contributed by atoms with Gasteiger partial charge in [-0.3, -0.25) is 10.3 Å². The summed E-state index contributed by atoms with van der Waals surface area (Å²) < 4.78 is 0. The molecule has 2 atom stereocenters. The Hall–Kier alpha value is -2.15. The molecule has 140 valence electrons. The fourth-order valence-corrected chi connectivity index (χ4v) is 4.41. The van der Waals surface area contributed by atoms with Crippen LogP contribution in [0.5, 0.6) is 0 Å². The molecule has 0 aromatic heterocycles. The minimum atomic E-state index is 0.141. The van der Waals surface area contributed by atoms with Gasteiger partial charge in [0.1, 0.15) is 0 Å². The van der Waals surface area contributed by atoms with Crippen molar-refractivity contribution in [1.82, 2.24) is 10.3 Å². The predicted octanol–water partition coefficient (Wildman–Crippen LogP) is 2.97. The number of hydrogen-bond donors (Lipinski definition) is 2. The summed E-state index contributed by atoms with van der Waals surface area (Å²) in [6.07, 6.45) is 2.86. The fourth-order valence-electron chi connectivity index (χ4n) is 4.06. The van der Waals surface area contributed by atoms with E-state index in [9.17, 15) is 0 Å². The molecule has 2 aromatic rings. The third kappa shape index (κ3) is 4.08. The maximum atomic E-state index is 6.57. The van der Waals surface area contributed by atoms with E-state index in [1.807, 2.05) is 12.1 Å². The SMILES string of the molecule is NC(=S)NN=Cc1ccc(N2CC3CC2CN3Cc2ccccc2)c(Cl)c1. The molecule has 2 aromatic carbocycles. The molecule has 2 unspecified atom stereocenters. The van der Waals surface area contributed by atoms with E-state index in [1.54, 1.807) is 6.21 Å². The molecule has 2 aliphatic rings. The molecule has 0 amide bonds. The van der Waals surface area contributed by atoms with E-state index in [0.717, 1.165) is 35.9 Å². The molecule has 3 N–H and O–H groups in total. The number of benzene rings is 2. The van der Waals surface area contributed by atoms with Gasteiger partial charge in [0.05, 0.1) is 16.9 Å². The van der Waals surface area contributed by atoms with Gasteiger partial charge in [0.2, 0.25) is 0 Å². The number of nitrogens with two attached hydrogens (primary N) is 1. The van der Waals surface area contributed by atoms with Crippen LogP contribution in [0, 0.1) is 0 Å². The van der Waals surface area contributed by atoms with Crippen LogP contribution in [0.2, 0.25) is 5.02 Å². The molecule has 4 rings (SSSR count). The van der Waals surface area contributed by atoms with E-state index in [4.69, 9.17) is 29.6 Å². The van der Waals surface area contributed by atoms with Gasteiger partial charge in [-0.1, -0.05) is 48.0 Å². The molecule has 0 aliphatic carbocycles. The number of nitrogens with one attached hydrogen (secondary N) is 1. The third-order valence-corrected chi connectivity index (χ3v) is 5.65. The van der Waals surface area contributed by atoms with Crippen LogP contribution in [0.1, 0.15) is 17.5 Å². The standard InChI is InChI=1S/C20H22ClN5S/c21-18-8-15(10-23-24-20(22)27)6-7-19(18)26-13-16-9-17(26)12-25(16)11-14-4-2-1-3-5-14/h1-8,10,16-17H,9,11-13H2,(H3,22,24,27). The molecule has 2 heterocycles. The summed E-state index contributed by atoms with van der Waals surface area (Å²) in [6.45, 7) is 3.12. The Balaban J connectivity index is 1.41. The van der Waals surface area contributed by atoms with Crippen molar-refractivity contribution >= 4 is 40.8 Å². The number of hydrogen-bond acceptors (Lipinski definition) is 4. The molecule has 2 aliphatic heterocycles. The average molecular weight is 400 g/mol. The Morgan fingerprint density at radius 1 is 1.22 bits per heavy atom. The highest BCUT2D eigenvalue weighted by Gasteiger charge is 2.43. The van der Waals surface area contributed by atoms with Crippen molar-refractivity contribution in [2.75, 3.05) is 18.0 Å². The highest BCUT2D eigenvalue weighted by Crippen LogP contribution is 2.38. The monoisotopic (exact) mass is 399 g/mol. The first-order valence-electron chi connectivity index (χ1n) is 9.03. The second kappa shape index (κ2) is 7.84. The van der Waals surface area contributed by atoms with Gasteiger partial charge in [-0.15, -0.1) is 0 Å². The second-order valence-corrected chi connectivity index (χ2v) is 7.90. The number of halogens is 1. The number of nitrogens with zero attached hydrogens (tertiary/aromatic N) is 3. The molecule has 2 fully saturated rings. The zero-order valence-corrected chi connectivity index (χ0v) is 16.5. The number of hydrazone groups is 1. The topological polar surface area (TPSA) is 56.9 Å². The molecular weight excluding hydrogens is 378 g/mol. The number of anilines is 1. The van der Waals surface area contributed by atoms with E-state index in [2.05, 4.69) is 56.7 Å². The van der Waals surface area contributed by atoms with Crippen LogP contribution < -0.4 is 16.1 Å². The molecule has 27 heavy (non-hydrogen) atoms. The normalized spacial score (nSPS) is 21.9. The van der Waals surface area contributed by atoms with Crippen molar-refractivity contribution in [3.05, 3.63) is 64.7 Å². The summed E-state index contributed by atoms with van der Waals surface area (Å²) in [5.74, 6) is 0. The molecule has 0 spiro atoms. The molecular formula is C20H22ClN5S. The first-order chi connectivity index (χ1) is 13.1. The Morgan fingerprint density at radius 3 is 2.70 bits per heavy atom. The van der Waals surface area contributed by atoms with Gasteiger partial charge in [-0.05, 0) is 41.9 Å². The van der Waals surface area contributed by atoms with Crippen LogP contribution in [-0.4, -0.2) is 41.4 Å². The van der Waals surface area contributed by atoms with E-state index < -0.39 is 0 Å². The zero-order valence-electron chi connectivity index (χ0n) is 14.9. The summed E-state index contributed by atoms with van der Waals surface area (Å²) in [5.41, 5.74) is 11.3. The lowest BCUT2D eigenvalue weighted by Gasteiger charge is -2.36. The largest absolute Gasteiger partial charge is 0.375 e. The first-order valence-corrected chi connectivity index (χ1v) is 9.81. The highest BCUT2D eigenvalue weighted by molar-refractivity contribution is 7.80. The van der Waals surface area contributed by atoms with E-state index in [0.29, 0.717) is 12.1 Å². The van der Waals surface area contributed by atoms with E-state index >= 15 is 0 Å². The van der Waals surface area contributed by atoms with Crippen LogP contribution in [0.15, 0.2) is 53.6 Å². The first kappa shape index (κ1) is 18.2. The Kier molecular flexibility index (Phi) is 5.29. The van der Waals surface area contributed by atoms with Crippen LogP contribution in [0.25, 0.3) is 0 Å². The Labute approximate surface area is 169 Å². The van der Waals surface area contributed by atoms with Crippen LogP contribution in [0.4, 0.5) is 5.69 Å². The van der Waals surface area contributed by atoms with Crippen LogP contribution >= 0.6 is 23.8 Å². The lowest BCUT2D eigenvalue weighted by Crippen LogP contribution is -2.46. The van der Waals surface area contributed by atoms with E-state index in [1.165, 1.54) is 12.0 Å². The van der Waals surface area contributed by atoms with Gasteiger partial charge in [0.15, 0.2) is 5.11 Å². The Morgan fingerprint density at radius 2 is 2.04 bits per heavy atom. The number of piperazine rings is 1. The molecule has 0 radical (unpaired) electrons. The predicted molar refractivity (Wildman–Crippen MR) is 115 cm³/mol. The van der Waals surface area contributed by atoms with Gasteiger partial charge in [-0.25, -0.2) is 0 Å². The molecule has 2 saturated heterocycles. The lowest BCUT2D eigenvalue weighted by molar-refractivity contribution is 0.230. The van der Waals surface area contributed by atoms with Crippen molar-refractivity contribution in [3.8, 4) is 0 Å². The van der Waals surface area contributed by atoms with Gasteiger partial charge >= 0.3 is 0 Å². The quantitative estimate of drug-likeness (QED) is 0.460. The summed E-state index contributed by atoms with van der Waals surface area (Å²) in [5, 5.41) is 4.86. The molecule has 7 heteroatoms. The van der Waals surface area contributed by atoms with Crippen molar-refractivity contribution in [2.24, 2.45) is 10.8 Å². The molecule has 0 saturated carbocycles. The summed E-state index contributed by atoms with van der Waals surface area (Å²) >= 11 is 11.3. The van der Waals surface area contributed by atoms with E-state index in [-0.39, 0.29) is 5.11 Å². The minimum absolute atomic E-state index is 0.141. The Bertz CT molecular complexity index is 857. The minimum Gasteiger partial charge on any atom is -0.375 e. The van der Waals surface area contributed by atoms with Crippen LogP contribution in [-0.2, 0) is 6.54 Å². The van der Waals surface area contributed by atoms with Gasteiger partial charge in [0.25, 0.3) is 0 Å². The van der Waals surface area contributed by atoms with Gasteiger partial charge < -0.3 is 10.6 Å². The average Bonchev–Trinajstić information content (AvgIpc) is 3.23.